The molecule has 164 valence electrons. The number of rotatable bonds is 14. The van der Waals surface area contributed by atoms with Gasteiger partial charge in [-0.05, 0) is 75.0 Å². The van der Waals surface area contributed by atoms with E-state index in [1.807, 2.05) is 0 Å². The predicted octanol–water partition coefficient (Wildman–Crippen LogP) is 7.39. The van der Waals surface area contributed by atoms with E-state index in [1.54, 1.807) is 0 Å². The van der Waals surface area contributed by atoms with E-state index in [9.17, 15) is 15.3 Å². The zero-order valence-corrected chi connectivity index (χ0v) is 18.7. The molecule has 0 radical (unpaired) electrons. The average Bonchev–Trinajstić information content (AvgIpc) is 3.62. The molecule has 29 heavy (non-hydrogen) atoms. The Balaban J connectivity index is 1.44. The Morgan fingerprint density at radius 2 is 1.31 bits per heavy atom. The first-order valence-electron chi connectivity index (χ1n) is 12.1. The summed E-state index contributed by atoms with van der Waals surface area (Å²) < 4.78 is 0. The van der Waals surface area contributed by atoms with Crippen LogP contribution < -0.4 is 0 Å². The highest BCUT2D eigenvalue weighted by Gasteiger charge is 2.39. The van der Waals surface area contributed by atoms with Gasteiger partial charge in [0, 0.05) is 17.2 Å². The van der Waals surface area contributed by atoms with Crippen LogP contribution in [0.25, 0.3) is 0 Å². The molecule has 2 saturated carbocycles. The molecule has 3 heteroatoms. The van der Waals surface area contributed by atoms with Crippen LogP contribution in [0.15, 0.2) is 6.07 Å². The van der Waals surface area contributed by atoms with Crippen LogP contribution in [0.1, 0.15) is 115 Å². The molecule has 3 N–H and O–H groups in total. The van der Waals surface area contributed by atoms with Gasteiger partial charge in [0.15, 0.2) is 11.5 Å². The Labute approximate surface area is 177 Å². The Morgan fingerprint density at radius 1 is 0.724 bits per heavy atom. The zero-order valence-electron chi connectivity index (χ0n) is 18.7. The molecule has 0 spiro atoms. The van der Waals surface area contributed by atoms with Crippen molar-refractivity contribution in [2.75, 3.05) is 0 Å². The molecule has 0 amide bonds. The van der Waals surface area contributed by atoms with Crippen molar-refractivity contribution in [3.05, 3.63) is 17.2 Å². The smallest absolute Gasteiger partial charge is 0.161 e. The van der Waals surface area contributed by atoms with Crippen LogP contribution in [0.5, 0.6) is 17.2 Å². The van der Waals surface area contributed by atoms with Gasteiger partial charge in [-0.1, -0.05) is 52.4 Å². The van der Waals surface area contributed by atoms with Crippen LogP contribution in [-0.2, 0) is 12.8 Å². The SMILES string of the molecule is CCC1(CCCCCCc2c(O)c(O)cc(O)c2CCCCCC2(C)CC2)CC1. The molecule has 2 fully saturated rings. The standard InChI is InChI=1S/C26H42O3/c1-3-26(17-18-26)14-10-5-4-7-12-21-20(22(27)19-23(28)24(21)29)11-8-6-9-13-25(2)15-16-25/h19,27-29H,3-18H2,1-2H3. The van der Waals surface area contributed by atoms with E-state index in [0.717, 1.165) is 49.7 Å². The molecule has 0 atom stereocenters. The molecule has 0 saturated heterocycles. The third kappa shape index (κ3) is 6.30. The second kappa shape index (κ2) is 9.62. The maximum absolute atomic E-state index is 10.4. The van der Waals surface area contributed by atoms with Gasteiger partial charge in [-0.2, -0.15) is 0 Å². The summed E-state index contributed by atoms with van der Waals surface area (Å²) in [5.41, 5.74) is 2.91. The number of aromatic hydroxyl groups is 3. The largest absolute Gasteiger partial charge is 0.508 e. The van der Waals surface area contributed by atoms with Crippen molar-refractivity contribution >= 4 is 0 Å². The number of hydrogen-bond donors (Lipinski definition) is 3. The Bertz CT molecular complexity index is 671. The summed E-state index contributed by atoms with van der Waals surface area (Å²) in [5, 5.41) is 30.8. The molecule has 3 nitrogen and oxygen atoms in total. The molecule has 3 rings (SSSR count). The highest BCUT2D eigenvalue weighted by Crippen LogP contribution is 2.52. The normalized spacial score (nSPS) is 18.7. The fourth-order valence-electron chi connectivity index (χ4n) is 4.89. The molecule has 0 aliphatic heterocycles. The summed E-state index contributed by atoms with van der Waals surface area (Å²) in [6.07, 6.45) is 19.2. The lowest BCUT2D eigenvalue weighted by atomic mass is 9.92. The molecule has 0 heterocycles. The van der Waals surface area contributed by atoms with Gasteiger partial charge in [-0.25, -0.2) is 0 Å². The van der Waals surface area contributed by atoms with Crippen LogP contribution in [0, 0.1) is 10.8 Å². The monoisotopic (exact) mass is 402 g/mol. The van der Waals surface area contributed by atoms with Gasteiger partial charge in [-0.15, -0.1) is 0 Å². The van der Waals surface area contributed by atoms with Crippen molar-refractivity contribution in [1.82, 2.24) is 0 Å². The first kappa shape index (κ1) is 22.3. The van der Waals surface area contributed by atoms with E-state index in [2.05, 4.69) is 13.8 Å². The first-order chi connectivity index (χ1) is 13.9. The van der Waals surface area contributed by atoms with Crippen molar-refractivity contribution in [2.24, 2.45) is 10.8 Å². The first-order valence-corrected chi connectivity index (χ1v) is 12.1. The van der Waals surface area contributed by atoms with E-state index in [0.29, 0.717) is 10.8 Å². The average molecular weight is 403 g/mol. The number of hydrogen-bond acceptors (Lipinski definition) is 3. The van der Waals surface area contributed by atoms with E-state index < -0.39 is 0 Å². The minimum absolute atomic E-state index is 0.0220. The molecule has 2 aliphatic rings. The van der Waals surface area contributed by atoms with Crippen LogP contribution in [0.3, 0.4) is 0 Å². The molecule has 0 aromatic heterocycles. The lowest BCUT2D eigenvalue weighted by Gasteiger charge is -2.15. The number of phenolic OH excluding ortho intramolecular Hbond substituents is 3. The van der Waals surface area contributed by atoms with Gasteiger partial charge < -0.3 is 15.3 Å². The van der Waals surface area contributed by atoms with Crippen molar-refractivity contribution in [1.29, 1.82) is 0 Å². The summed E-state index contributed by atoms with van der Waals surface area (Å²) in [6, 6.07) is 1.30. The fourth-order valence-corrected chi connectivity index (χ4v) is 4.89. The molecular formula is C26H42O3. The third-order valence-corrected chi connectivity index (χ3v) is 7.88. The summed E-state index contributed by atoms with van der Waals surface area (Å²) in [7, 11) is 0. The molecule has 2 aliphatic carbocycles. The summed E-state index contributed by atoms with van der Waals surface area (Å²) in [6.45, 7) is 4.69. The Kier molecular flexibility index (Phi) is 7.40. The van der Waals surface area contributed by atoms with Gasteiger partial charge in [0.2, 0.25) is 0 Å². The van der Waals surface area contributed by atoms with Crippen molar-refractivity contribution in [3.8, 4) is 17.2 Å². The van der Waals surface area contributed by atoms with E-state index in [-0.39, 0.29) is 17.2 Å². The quantitative estimate of drug-likeness (QED) is 0.173. The Morgan fingerprint density at radius 3 is 1.93 bits per heavy atom. The van der Waals surface area contributed by atoms with Crippen LogP contribution in [-0.4, -0.2) is 15.3 Å². The Hall–Kier alpha value is -1.38. The minimum Gasteiger partial charge on any atom is -0.508 e. The van der Waals surface area contributed by atoms with Crippen molar-refractivity contribution < 1.29 is 15.3 Å². The van der Waals surface area contributed by atoms with E-state index in [1.165, 1.54) is 70.3 Å². The van der Waals surface area contributed by atoms with Crippen LogP contribution in [0.4, 0.5) is 0 Å². The number of unbranched alkanes of at least 4 members (excludes halogenated alkanes) is 5. The van der Waals surface area contributed by atoms with Crippen LogP contribution >= 0.6 is 0 Å². The van der Waals surface area contributed by atoms with E-state index >= 15 is 0 Å². The molecule has 0 bridgehead atoms. The number of benzene rings is 1. The minimum atomic E-state index is -0.193. The predicted molar refractivity (Wildman–Crippen MR) is 120 cm³/mol. The topological polar surface area (TPSA) is 60.7 Å². The lowest BCUT2D eigenvalue weighted by Crippen LogP contribution is -1.99. The summed E-state index contributed by atoms with van der Waals surface area (Å²) in [4.78, 5) is 0. The highest BCUT2D eigenvalue weighted by atomic mass is 16.3. The van der Waals surface area contributed by atoms with Crippen molar-refractivity contribution in [3.63, 3.8) is 0 Å². The summed E-state index contributed by atoms with van der Waals surface area (Å²) in [5.74, 6) is -0.0733. The molecular weight excluding hydrogens is 360 g/mol. The molecule has 1 aromatic carbocycles. The lowest BCUT2D eigenvalue weighted by molar-refractivity contribution is 0.387. The third-order valence-electron chi connectivity index (χ3n) is 7.88. The maximum Gasteiger partial charge on any atom is 0.161 e. The van der Waals surface area contributed by atoms with Gasteiger partial charge >= 0.3 is 0 Å². The second-order valence-electron chi connectivity index (χ2n) is 10.4. The molecule has 1 aromatic rings. The fraction of sp³-hybridized carbons (Fsp3) is 0.769. The number of phenols is 3. The van der Waals surface area contributed by atoms with Crippen LogP contribution in [0.2, 0.25) is 0 Å². The highest BCUT2D eigenvalue weighted by molar-refractivity contribution is 5.55. The zero-order chi connectivity index (χ0) is 20.9. The van der Waals surface area contributed by atoms with Gasteiger partial charge in [0.1, 0.15) is 5.75 Å². The maximum atomic E-state index is 10.4. The van der Waals surface area contributed by atoms with E-state index in [4.69, 9.17) is 0 Å². The van der Waals surface area contributed by atoms with Crippen molar-refractivity contribution in [2.45, 2.75) is 117 Å². The molecule has 0 unspecified atom stereocenters. The van der Waals surface area contributed by atoms with Gasteiger partial charge in [0.25, 0.3) is 0 Å². The summed E-state index contributed by atoms with van der Waals surface area (Å²) >= 11 is 0. The second-order valence-corrected chi connectivity index (χ2v) is 10.4. The van der Waals surface area contributed by atoms with Gasteiger partial charge in [-0.3, -0.25) is 0 Å². The van der Waals surface area contributed by atoms with Gasteiger partial charge in [0.05, 0.1) is 0 Å².